The zero-order chi connectivity index (χ0) is 20.4. The summed E-state index contributed by atoms with van der Waals surface area (Å²) in [6, 6.07) is 4.21. The van der Waals surface area contributed by atoms with Gasteiger partial charge in [-0.25, -0.2) is 0 Å². The number of alkyl halides is 5. The molecule has 10 heteroatoms. The van der Waals surface area contributed by atoms with Crippen LogP contribution in [0.2, 0.25) is 0 Å². The number of amides is 3. The highest BCUT2D eigenvalue weighted by Crippen LogP contribution is 2.60. The SMILES string of the molecule is O=C(CN1C(=O)[C@@H]2[C@H]3C[C@@H]([C@H](Br)[C@H]3Br)[C@@H]2C1=O)Nc1cccc(C(F)(F)F)c1. The first kappa shape index (κ1) is 19.9. The van der Waals surface area contributed by atoms with E-state index >= 15 is 0 Å². The fraction of sp³-hybridized carbons (Fsp3) is 0.500. The molecule has 3 fully saturated rings. The molecule has 4 rings (SSSR count). The maximum absolute atomic E-state index is 12.8. The van der Waals surface area contributed by atoms with Crippen LogP contribution in [0.5, 0.6) is 0 Å². The van der Waals surface area contributed by atoms with Crippen LogP contribution < -0.4 is 5.32 Å². The molecule has 3 amide bonds. The molecule has 1 heterocycles. The zero-order valence-electron chi connectivity index (χ0n) is 14.2. The second-order valence-corrected chi connectivity index (χ2v) is 9.51. The van der Waals surface area contributed by atoms with Crippen molar-refractivity contribution in [3.8, 4) is 0 Å². The van der Waals surface area contributed by atoms with E-state index in [0.717, 1.165) is 23.5 Å². The number of rotatable bonds is 3. The quantitative estimate of drug-likeness (QED) is 0.487. The van der Waals surface area contributed by atoms with Gasteiger partial charge in [0.1, 0.15) is 6.54 Å². The van der Waals surface area contributed by atoms with E-state index in [1.165, 1.54) is 12.1 Å². The van der Waals surface area contributed by atoms with Crippen LogP contribution >= 0.6 is 31.9 Å². The van der Waals surface area contributed by atoms with E-state index in [4.69, 9.17) is 0 Å². The highest BCUT2D eigenvalue weighted by atomic mass is 79.9. The molecule has 1 N–H and O–H groups in total. The van der Waals surface area contributed by atoms with Crippen LogP contribution in [0.1, 0.15) is 12.0 Å². The zero-order valence-corrected chi connectivity index (χ0v) is 17.4. The number of hydrogen-bond donors (Lipinski definition) is 1. The average molecular weight is 524 g/mol. The summed E-state index contributed by atoms with van der Waals surface area (Å²) in [5, 5.41) is 2.34. The lowest BCUT2D eigenvalue weighted by atomic mass is 9.81. The topological polar surface area (TPSA) is 66.5 Å². The van der Waals surface area contributed by atoms with E-state index in [-0.39, 0.29) is 39.0 Å². The predicted octanol–water partition coefficient (Wildman–Crippen LogP) is 3.42. The first-order valence-corrected chi connectivity index (χ1v) is 10.5. The maximum atomic E-state index is 12.8. The standard InChI is InChI=1S/C18H15Br2F3N2O3/c19-14-9-5-10(15(14)20)13-12(9)16(27)25(17(13)28)6-11(26)24-8-3-1-2-7(4-8)18(21,22)23/h1-4,9-10,12-15H,5-6H2,(H,24,26)/t9-,10-,12-,13+,14+,15+/m1/s1. The van der Waals surface area contributed by atoms with E-state index in [1.54, 1.807) is 0 Å². The van der Waals surface area contributed by atoms with Gasteiger partial charge in [0.15, 0.2) is 0 Å². The van der Waals surface area contributed by atoms with Crippen molar-refractivity contribution in [2.45, 2.75) is 22.3 Å². The van der Waals surface area contributed by atoms with Crippen LogP contribution in [0.15, 0.2) is 24.3 Å². The Kier molecular flexibility index (Phi) is 4.85. The van der Waals surface area contributed by atoms with Crippen LogP contribution in [-0.4, -0.2) is 38.8 Å². The van der Waals surface area contributed by atoms with Gasteiger partial charge in [0.05, 0.1) is 17.4 Å². The lowest BCUT2D eigenvalue weighted by molar-refractivity contribution is -0.143. The van der Waals surface area contributed by atoms with Gasteiger partial charge in [-0.3, -0.25) is 19.3 Å². The third-order valence-corrected chi connectivity index (χ3v) is 9.06. The first-order valence-electron chi connectivity index (χ1n) is 8.70. The van der Waals surface area contributed by atoms with Crippen molar-refractivity contribution in [3.05, 3.63) is 29.8 Å². The van der Waals surface area contributed by atoms with Gasteiger partial charge < -0.3 is 5.32 Å². The van der Waals surface area contributed by atoms with Crippen molar-refractivity contribution >= 4 is 55.3 Å². The molecule has 1 aromatic carbocycles. The Balaban J connectivity index is 1.46. The Hall–Kier alpha value is -1.42. The summed E-state index contributed by atoms with van der Waals surface area (Å²) in [5.74, 6) is -2.25. The summed E-state index contributed by atoms with van der Waals surface area (Å²) in [6.45, 7) is -0.500. The van der Waals surface area contributed by atoms with Crippen molar-refractivity contribution in [2.24, 2.45) is 23.7 Å². The summed E-state index contributed by atoms with van der Waals surface area (Å²) < 4.78 is 38.4. The largest absolute Gasteiger partial charge is 0.416 e. The summed E-state index contributed by atoms with van der Waals surface area (Å²) >= 11 is 7.16. The fourth-order valence-electron chi connectivity index (χ4n) is 4.68. The summed E-state index contributed by atoms with van der Waals surface area (Å²) in [4.78, 5) is 38.9. The highest BCUT2D eigenvalue weighted by molar-refractivity contribution is 9.12. The maximum Gasteiger partial charge on any atom is 0.416 e. The van der Waals surface area contributed by atoms with Crippen LogP contribution in [0.4, 0.5) is 18.9 Å². The molecule has 3 aliphatic rings. The van der Waals surface area contributed by atoms with Crippen molar-refractivity contribution in [3.63, 3.8) is 0 Å². The van der Waals surface area contributed by atoms with Crippen molar-refractivity contribution in [1.29, 1.82) is 0 Å². The second-order valence-electron chi connectivity index (χ2n) is 7.39. The van der Waals surface area contributed by atoms with Gasteiger partial charge in [0.2, 0.25) is 17.7 Å². The monoisotopic (exact) mass is 522 g/mol. The Morgan fingerprint density at radius 3 is 2.21 bits per heavy atom. The number of imide groups is 1. The third kappa shape index (κ3) is 3.08. The molecule has 0 radical (unpaired) electrons. The molecule has 0 aromatic heterocycles. The van der Waals surface area contributed by atoms with Gasteiger partial charge in [-0.05, 0) is 36.5 Å². The van der Waals surface area contributed by atoms with Crippen LogP contribution in [-0.2, 0) is 20.6 Å². The third-order valence-electron chi connectivity index (χ3n) is 5.85. The molecule has 2 aliphatic carbocycles. The minimum absolute atomic E-state index is 0.0346. The molecular weight excluding hydrogens is 509 g/mol. The highest BCUT2D eigenvalue weighted by Gasteiger charge is 2.66. The minimum Gasteiger partial charge on any atom is -0.325 e. The molecule has 2 saturated carbocycles. The number of benzene rings is 1. The molecule has 0 spiro atoms. The molecule has 0 unspecified atom stereocenters. The molecule has 28 heavy (non-hydrogen) atoms. The van der Waals surface area contributed by atoms with E-state index in [9.17, 15) is 27.6 Å². The molecular formula is C18H15Br2F3N2O3. The van der Waals surface area contributed by atoms with E-state index in [1.807, 2.05) is 0 Å². The van der Waals surface area contributed by atoms with E-state index in [2.05, 4.69) is 37.2 Å². The second kappa shape index (κ2) is 6.83. The number of carbonyl (C=O) groups is 3. The first-order chi connectivity index (χ1) is 13.1. The molecule has 5 nitrogen and oxygen atoms in total. The Labute approximate surface area is 175 Å². The fourth-order valence-corrected chi connectivity index (χ4v) is 6.56. The van der Waals surface area contributed by atoms with Crippen LogP contribution in [0.25, 0.3) is 0 Å². The molecule has 2 bridgehead atoms. The number of nitrogens with zero attached hydrogens (tertiary/aromatic N) is 1. The predicted molar refractivity (Wildman–Crippen MR) is 101 cm³/mol. The lowest BCUT2D eigenvalue weighted by Gasteiger charge is -2.28. The number of nitrogens with one attached hydrogen (secondary N) is 1. The number of anilines is 1. The number of hydrogen-bond acceptors (Lipinski definition) is 3. The minimum atomic E-state index is -4.53. The summed E-state index contributed by atoms with van der Waals surface area (Å²) in [7, 11) is 0. The van der Waals surface area contributed by atoms with Gasteiger partial charge in [-0.15, -0.1) is 0 Å². The van der Waals surface area contributed by atoms with Gasteiger partial charge >= 0.3 is 6.18 Å². The smallest absolute Gasteiger partial charge is 0.325 e. The molecule has 1 aliphatic heterocycles. The van der Waals surface area contributed by atoms with Crippen molar-refractivity contribution < 1.29 is 27.6 Å². The molecule has 1 saturated heterocycles. The normalized spacial score (nSPS) is 34.1. The van der Waals surface area contributed by atoms with Gasteiger partial charge in [0.25, 0.3) is 0 Å². The van der Waals surface area contributed by atoms with Crippen molar-refractivity contribution in [1.82, 2.24) is 4.90 Å². The van der Waals surface area contributed by atoms with Gasteiger partial charge in [-0.2, -0.15) is 13.2 Å². The van der Waals surface area contributed by atoms with Crippen LogP contribution in [0.3, 0.4) is 0 Å². The van der Waals surface area contributed by atoms with Gasteiger partial charge in [0, 0.05) is 15.3 Å². The number of halogens is 5. The average Bonchev–Trinajstić information content (AvgIpc) is 3.22. The van der Waals surface area contributed by atoms with Crippen molar-refractivity contribution in [2.75, 3.05) is 11.9 Å². The summed E-state index contributed by atoms with van der Waals surface area (Å²) in [6.07, 6.45) is -3.75. The number of fused-ring (bicyclic) bond motifs is 5. The molecule has 150 valence electrons. The molecule has 6 atom stereocenters. The summed E-state index contributed by atoms with van der Waals surface area (Å²) in [5.41, 5.74) is -0.934. The van der Waals surface area contributed by atoms with Crippen LogP contribution in [0, 0.1) is 23.7 Å². The number of carbonyl (C=O) groups excluding carboxylic acids is 3. The Morgan fingerprint density at radius 2 is 1.68 bits per heavy atom. The van der Waals surface area contributed by atoms with E-state index < -0.39 is 36.0 Å². The Morgan fingerprint density at radius 1 is 1.11 bits per heavy atom. The number of likely N-dealkylation sites (tertiary alicyclic amines) is 1. The Bertz CT molecular complexity index is 831. The lowest BCUT2D eigenvalue weighted by Crippen LogP contribution is -2.39. The van der Waals surface area contributed by atoms with Gasteiger partial charge in [-0.1, -0.05) is 37.9 Å². The van der Waals surface area contributed by atoms with E-state index in [0.29, 0.717) is 0 Å². The molecule has 1 aromatic rings.